The van der Waals surface area contributed by atoms with E-state index in [0.29, 0.717) is 27.7 Å². The summed E-state index contributed by atoms with van der Waals surface area (Å²) in [6.07, 6.45) is 10.3. The summed E-state index contributed by atoms with van der Waals surface area (Å²) in [7, 11) is 0. The highest BCUT2D eigenvalue weighted by molar-refractivity contribution is 6.30. The van der Waals surface area contributed by atoms with Crippen molar-refractivity contribution in [2.24, 2.45) is 17.6 Å². The minimum Gasteiger partial charge on any atom is -0.388 e. The number of fused-ring (bicyclic) bond motifs is 1. The molecule has 0 saturated heterocycles. The molecule has 0 unspecified atom stereocenters. The Balaban J connectivity index is 1.75. The molecule has 1 aliphatic rings. The van der Waals surface area contributed by atoms with Crippen molar-refractivity contribution in [1.29, 1.82) is 5.41 Å². The van der Waals surface area contributed by atoms with Gasteiger partial charge in [-0.1, -0.05) is 37.8 Å². The molecule has 0 bridgehead atoms. The Morgan fingerprint density at radius 1 is 1.26 bits per heavy atom. The first-order valence-electron chi connectivity index (χ1n) is 10.5. The topological polar surface area (TPSA) is 120 Å². The van der Waals surface area contributed by atoms with Crippen molar-refractivity contribution < 1.29 is 9.53 Å². The maximum atomic E-state index is 11.1. The van der Waals surface area contributed by atoms with Gasteiger partial charge in [0.15, 0.2) is 0 Å². The van der Waals surface area contributed by atoms with Gasteiger partial charge in [-0.05, 0) is 36.8 Å². The van der Waals surface area contributed by atoms with E-state index in [4.69, 9.17) is 27.5 Å². The summed E-state index contributed by atoms with van der Waals surface area (Å²) < 4.78 is 6.87. The van der Waals surface area contributed by atoms with Crippen molar-refractivity contribution in [2.45, 2.75) is 45.6 Å². The molecule has 0 radical (unpaired) electrons. The molecular formula is C22H25ClN6O2. The fourth-order valence-corrected chi connectivity index (χ4v) is 4.52. The number of hydrogen-bond acceptors (Lipinski definition) is 6. The van der Waals surface area contributed by atoms with E-state index in [2.05, 4.69) is 26.4 Å². The Bertz CT molecular complexity index is 1120. The van der Waals surface area contributed by atoms with E-state index >= 15 is 0 Å². The fourth-order valence-electron chi connectivity index (χ4n) is 4.35. The number of carbonyl (C=O) groups excluding carboxylic acids is 1. The van der Waals surface area contributed by atoms with Crippen LogP contribution in [0.5, 0.6) is 0 Å². The van der Waals surface area contributed by atoms with E-state index in [1.54, 1.807) is 18.5 Å². The third kappa shape index (κ3) is 4.69. The molecule has 9 heteroatoms. The summed E-state index contributed by atoms with van der Waals surface area (Å²) >= 11 is 6.17. The molecule has 1 fully saturated rings. The first kappa shape index (κ1) is 21.2. The number of hydrogen-bond donors (Lipinski definition) is 2. The van der Waals surface area contributed by atoms with Crippen LogP contribution in [0.4, 0.5) is 4.79 Å². The van der Waals surface area contributed by atoms with Gasteiger partial charge in [0.1, 0.15) is 5.69 Å². The van der Waals surface area contributed by atoms with Crippen molar-refractivity contribution >= 4 is 34.6 Å². The maximum Gasteiger partial charge on any atom is 0.411 e. The lowest BCUT2D eigenvalue weighted by Gasteiger charge is -2.28. The maximum absolute atomic E-state index is 11.1. The van der Waals surface area contributed by atoms with Crippen LogP contribution >= 0.6 is 11.6 Å². The molecule has 0 spiro atoms. The number of nitrogens with zero attached hydrogens (tertiary/aromatic N) is 4. The van der Waals surface area contributed by atoms with E-state index < -0.39 is 12.0 Å². The number of amides is 1. The minimum atomic E-state index is -1.08. The van der Waals surface area contributed by atoms with Gasteiger partial charge in [0.05, 0.1) is 16.1 Å². The Hall–Kier alpha value is -3.00. The number of aromatic nitrogens is 4. The van der Waals surface area contributed by atoms with E-state index in [0.717, 1.165) is 18.0 Å². The number of primary amides is 1. The number of pyridine rings is 1. The SMILES string of the molecule is CCC1CCC(Cn2ccc3nc(C(=N)OC(N)=O)nc(-c4cncc(Cl)c4)c32)CC1. The van der Waals surface area contributed by atoms with Crippen LogP contribution in [-0.2, 0) is 11.3 Å². The van der Waals surface area contributed by atoms with Gasteiger partial charge in [-0.3, -0.25) is 10.4 Å². The predicted molar refractivity (Wildman–Crippen MR) is 119 cm³/mol. The lowest BCUT2D eigenvalue weighted by molar-refractivity contribution is 0.207. The second kappa shape index (κ2) is 9.01. The zero-order valence-electron chi connectivity index (χ0n) is 17.3. The standard InChI is InChI=1S/C22H25ClN6O2/c1-2-13-3-5-14(6-4-13)12-29-8-7-17-19(29)18(15-9-16(23)11-26-10-15)28-21(27-17)20(24)31-22(25)30/h7-11,13-14,24H,2-6,12H2,1H3,(H2,25,30). The highest BCUT2D eigenvalue weighted by atomic mass is 35.5. The van der Waals surface area contributed by atoms with Crippen LogP contribution in [0, 0.1) is 17.2 Å². The Kier molecular flexibility index (Phi) is 6.18. The molecule has 1 aliphatic carbocycles. The smallest absolute Gasteiger partial charge is 0.388 e. The number of nitrogens with two attached hydrogens (primary N) is 1. The molecule has 3 aromatic rings. The molecule has 162 valence electrons. The van der Waals surface area contributed by atoms with Crippen molar-refractivity contribution in [3.8, 4) is 11.3 Å². The third-order valence-electron chi connectivity index (χ3n) is 5.99. The molecule has 0 aromatic carbocycles. The van der Waals surface area contributed by atoms with Crippen LogP contribution in [0.2, 0.25) is 5.02 Å². The highest BCUT2D eigenvalue weighted by Gasteiger charge is 2.23. The van der Waals surface area contributed by atoms with Crippen LogP contribution in [0.15, 0.2) is 30.7 Å². The number of rotatable bonds is 5. The van der Waals surface area contributed by atoms with Crippen LogP contribution in [0.3, 0.4) is 0 Å². The van der Waals surface area contributed by atoms with Crippen LogP contribution < -0.4 is 5.73 Å². The molecule has 1 amide bonds. The van der Waals surface area contributed by atoms with Gasteiger partial charge in [0, 0.05) is 30.7 Å². The zero-order chi connectivity index (χ0) is 22.0. The average Bonchev–Trinajstić information content (AvgIpc) is 3.16. The number of ether oxygens (including phenoxy) is 1. The third-order valence-corrected chi connectivity index (χ3v) is 6.20. The van der Waals surface area contributed by atoms with Gasteiger partial charge in [-0.2, -0.15) is 0 Å². The van der Waals surface area contributed by atoms with Crippen LogP contribution in [0.1, 0.15) is 44.9 Å². The largest absolute Gasteiger partial charge is 0.411 e. The van der Waals surface area contributed by atoms with Gasteiger partial charge in [0.2, 0.25) is 5.82 Å². The van der Waals surface area contributed by atoms with E-state index in [-0.39, 0.29) is 5.82 Å². The average molecular weight is 441 g/mol. The Morgan fingerprint density at radius 2 is 2.00 bits per heavy atom. The molecule has 3 N–H and O–H groups in total. The molecular weight excluding hydrogens is 416 g/mol. The van der Waals surface area contributed by atoms with Crippen molar-refractivity contribution in [1.82, 2.24) is 19.5 Å². The highest BCUT2D eigenvalue weighted by Crippen LogP contribution is 2.34. The second-order valence-corrected chi connectivity index (χ2v) is 8.47. The van der Waals surface area contributed by atoms with Crippen molar-refractivity contribution in [2.75, 3.05) is 0 Å². The molecule has 1 saturated carbocycles. The monoisotopic (exact) mass is 440 g/mol. The van der Waals surface area contributed by atoms with E-state index in [1.807, 2.05) is 12.3 Å². The summed E-state index contributed by atoms with van der Waals surface area (Å²) in [5.74, 6) is 0.909. The first-order valence-corrected chi connectivity index (χ1v) is 10.9. The van der Waals surface area contributed by atoms with Gasteiger partial charge in [0.25, 0.3) is 5.90 Å². The van der Waals surface area contributed by atoms with Crippen molar-refractivity contribution in [3.05, 3.63) is 41.6 Å². The normalized spacial score (nSPS) is 18.8. The van der Waals surface area contributed by atoms with Gasteiger partial charge >= 0.3 is 6.09 Å². The molecule has 4 rings (SSSR count). The van der Waals surface area contributed by atoms with Gasteiger partial charge in [-0.15, -0.1) is 0 Å². The number of halogens is 1. The van der Waals surface area contributed by atoms with Gasteiger partial charge < -0.3 is 15.0 Å². The number of carbonyl (C=O) groups is 1. The van der Waals surface area contributed by atoms with Gasteiger partial charge in [-0.25, -0.2) is 14.8 Å². The van der Waals surface area contributed by atoms with Crippen molar-refractivity contribution in [3.63, 3.8) is 0 Å². The number of nitrogens with one attached hydrogen (secondary N) is 1. The minimum absolute atomic E-state index is 0.0255. The molecule has 31 heavy (non-hydrogen) atoms. The second-order valence-electron chi connectivity index (χ2n) is 8.03. The fraction of sp³-hybridized carbons (Fsp3) is 0.409. The summed E-state index contributed by atoms with van der Waals surface area (Å²) in [5.41, 5.74) is 7.83. The van der Waals surface area contributed by atoms with E-state index in [9.17, 15) is 4.79 Å². The molecule has 0 aliphatic heterocycles. The predicted octanol–water partition coefficient (Wildman–Crippen LogP) is 4.78. The summed E-state index contributed by atoms with van der Waals surface area (Å²) in [6.45, 7) is 3.14. The van der Waals surface area contributed by atoms with Crippen LogP contribution in [0.25, 0.3) is 22.3 Å². The summed E-state index contributed by atoms with van der Waals surface area (Å²) in [5, 5.41) is 8.47. The Labute approximate surface area is 185 Å². The lowest BCUT2D eigenvalue weighted by atomic mass is 9.81. The lowest BCUT2D eigenvalue weighted by Crippen LogP contribution is -2.21. The van der Waals surface area contributed by atoms with E-state index in [1.165, 1.54) is 32.1 Å². The summed E-state index contributed by atoms with van der Waals surface area (Å²) in [4.78, 5) is 24.2. The summed E-state index contributed by atoms with van der Waals surface area (Å²) in [6, 6.07) is 3.65. The molecule has 3 heterocycles. The zero-order valence-corrected chi connectivity index (χ0v) is 18.1. The first-order chi connectivity index (χ1) is 14.9. The molecule has 0 atom stereocenters. The molecule has 3 aromatic heterocycles. The quantitative estimate of drug-likeness (QED) is 0.436. The van der Waals surface area contributed by atoms with Crippen LogP contribution in [-0.4, -0.2) is 31.5 Å². The Morgan fingerprint density at radius 3 is 2.68 bits per heavy atom. The molecule has 8 nitrogen and oxygen atoms in total.